The van der Waals surface area contributed by atoms with Crippen LogP contribution in [0.1, 0.15) is 67.1 Å². The summed E-state index contributed by atoms with van der Waals surface area (Å²) >= 11 is 0. The van der Waals surface area contributed by atoms with E-state index in [4.69, 9.17) is 32.4 Å². The van der Waals surface area contributed by atoms with Crippen LogP contribution in [0.15, 0.2) is 97.1 Å². The molecule has 0 bridgehead atoms. The highest BCUT2D eigenvalue weighted by Crippen LogP contribution is 2.34. The molecule has 0 aliphatic heterocycles. The van der Waals surface area contributed by atoms with Crippen molar-refractivity contribution in [2.45, 2.75) is 25.7 Å². The molecule has 0 aliphatic carbocycles. The van der Waals surface area contributed by atoms with E-state index in [9.17, 15) is 19.2 Å². The molecule has 10 heteroatoms. The number of nitrogens with two attached hydrogens (primary N) is 4. The highest BCUT2D eigenvalue weighted by Gasteiger charge is 2.36. The van der Waals surface area contributed by atoms with Gasteiger partial charge in [0.2, 0.25) is 0 Å². The first-order valence-corrected chi connectivity index (χ1v) is 14.4. The summed E-state index contributed by atoms with van der Waals surface area (Å²) in [4.78, 5) is 52.9. The lowest BCUT2D eigenvalue weighted by Gasteiger charge is -2.33. The fourth-order valence-electron chi connectivity index (χ4n) is 4.94. The summed E-state index contributed by atoms with van der Waals surface area (Å²) in [5.74, 6) is -1.91. The van der Waals surface area contributed by atoms with Crippen LogP contribution in [0.2, 0.25) is 0 Å². The van der Waals surface area contributed by atoms with Gasteiger partial charge in [-0.3, -0.25) is 9.59 Å². The fourth-order valence-corrected chi connectivity index (χ4v) is 4.94. The number of para-hydroxylation sites is 4. The summed E-state index contributed by atoms with van der Waals surface area (Å²) in [6, 6.07) is 26.2. The van der Waals surface area contributed by atoms with Gasteiger partial charge < -0.3 is 32.4 Å². The lowest BCUT2D eigenvalue weighted by molar-refractivity contribution is -0.0122. The van der Waals surface area contributed by atoms with Crippen LogP contribution in [0.4, 0.5) is 22.7 Å². The van der Waals surface area contributed by atoms with Crippen molar-refractivity contribution in [3.05, 3.63) is 119 Å². The van der Waals surface area contributed by atoms with Crippen molar-refractivity contribution in [2.24, 2.45) is 5.41 Å². The predicted molar refractivity (Wildman–Crippen MR) is 174 cm³/mol. The molecule has 0 saturated heterocycles. The first-order valence-electron chi connectivity index (χ1n) is 14.4. The third kappa shape index (κ3) is 8.26. The molecule has 0 saturated carbocycles. The Morgan fingerprint density at radius 1 is 0.467 bits per heavy atom. The summed E-state index contributed by atoms with van der Waals surface area (Å²) in [6.45, 7) is -0.570. The molecule has 10 nitrogen and oxygen atoms in total. The number of ketones is 2. The smallest absolute Gasteiger partial charge is 0.340 e. The standard InChI is InChI=1S/C35H36N4O6/c36-27-13-5-1-9-23(27)31(40)17-19-35(20-18-32(41)24-10-2-6-14-28(24)37,21-44-33(42)25-11-3-7-15-29(25)38)22-45-34(43)26-12-4-8-16-30(26)39/h1-16H,17-22,36-39H2. The van der Waals surface area contributed by atoms with Crippen molar-refractivity contribution in [2.75, 3.05) is 36.1 Å². The molecular formula is C35H36N4O6. The van der Waals surface area contributed by atoms with Gasteiger partial charge in [-0.1, -0.05) is 48.5 Å². The van der Waals surface area contributed by atoms with Crippen molar-refractivity contribution < 1.29 is 28.7 Å². The molecule has 0 amide bonds. The first-order chi connectivity index (χ1) is 21.6. The number of hydrogen-bond acceptors (Lipinski definition) is 10. The second-order valence-electron chi connectivity index (χ2n) is 10.8. The zero-order valence-corrected chi connectivity index (χ0v) is 24.7. The van der Waals surface area contributed by atoms with Gasteiger partial charge in [0.25, 0.3) is 0 Å². The number of rotatable bonds is 14. The minimum absolute atomic E-state index is 0.0358. The number of esters is 2. The Balaban J connectivity index is 1.65. The molecule has 0 aliphatic rings. The number of anilines is 4. The number of nitrogen functional groups attached to an aromatic ring is 4. The van der Waals surface area contributed by atoms with Crippen molar-refractivity contribution in [1.82, 2.24) is 0 Å². The summed E-state index contributed by atoms with van der Waals surface area (Å²) in [7, 11) is 0. The van der Waals surface area contributed by atoms with Gasteiger partial charge in [0.15, 0.2) is 11.6 Å². The first kappa shape index (κ1) is 32.3. The second-order valence-corrected chi connectivity index (χ2v) is 10.8. The number of benzene rings is 4. The maximum atomic E-state index is 13.3. The zero-order chi connectivity index (χ0) is 32.4. The Morgan fingerprint density at radius 3 is 1.07 bits per heavy atom. The minimum atomic E-state index is -1.17. The molecule has 8 N–H and O–H groups in total. The van der Waals surface area contributed by atoms with Gasteiger partial charge in [0.05, 0.1) is 11.1 Å². The summed E-state index contributed by atoms with van der Waals surface area (Å²) in [6.07, 6.45) is 0.109. The van der Waals surface area contributed by atoms with E-state index < -0.39 is 17.4 Å². The monoisotopic (exact) mass is 608 g/mol. The van der Waals surface area contributed by atoms with E-state index in [2.05, 4.69) is 0 Å². The molecule has 0 aromatic heterocycles. The number of Topliss-reactive ketones (excluding diaryl/α,β-unsaturated/α-hetero) is 2. The van der Waals surface area contributed by atoms with Crippen LogP contribution >= 0.6 is 0 Å². The Kier molecular flexibility index (Phi) is 10.5. The largest absolute Gasteiger partial charge is 0.461 e. The summed E-state index contributed by atoms with van der Waals surface area (Å²) in [5.41, 5.74) is 25.0. The number of carbonyl (C=O) groups is 4. The van der Waals surface area contributed by atoms with E-state index in [1.807, 2.05) is 0 Å². The topological polar surface area (TPSA) is 191 Å². The number of hydrogen-bond donors (Lipinski definition) is 4. The molecular weight excluding hydrogens is 572 g/mol. The van der Waals surface area contributed by atoms with Gasteiger partial charge >= 0.3 is 11.9 Å². The van der Waals surface area contributed by atoms with Crippen LogP contribution in [0.3, 0.4) is 0 Å². The highest BCUT2D eigenvalue weighted by atomic mass is 16.5. The second kappa shape index (κ2) is 14.7. The Morgan fingerprint density at radius 2 is 0.756 bits per heavy atom. The van der Waals surface area contributed by atoms with Gasteiger partial charge in [-0.25, -0.2) is 9.59 Å². The van der Waals surface area contributed by atoms with Gasteiger partial charge in [0.1, 0.15) is 13.2 Å². The van der Waals surface area contributed by atoms with E-state index >= 15 is 0 Å². The minimum Gasteiger partial charge on any atom is -0.461 e. The number of carbonyl (C=O) groups excluding carboxylic acids is 4. The van der Waals surface area contributed by atoms with Crippen LogP contribution < -0.4 is 22.9 Å². The average Bonchev–Trinajstić information content (AvgIpc) is 3.04. The van der Waals surface area contributed by atoms with Gasteiger partial charge in [-0.15, -0.1) is 0 Å². The van der Waals surface area contributed by atoms with Crippen molar-refractivity contribution in [3.63, 3.8) is 0 Å². The molecule has 0 atom stereocenters. The molecule has 4 aromatic rings. The maximum absolute atomic E-state index is 13.3. The van der Waals surface area contributed by atoms with Crippen LogP contribution in [0, 0.1) is 5.41 Å². The van der Waals surface area contributed by atoms with E-state index in [1.54, 1.807) is 84.9 Å². The maximum Gasteiger partial charge on any atom is 0.340 e. The quantitative estimate of drug-likeness (QED) is 0.0825. The van der Waals surface area contributed by atoms with Gasteiger partial charge in [-0.2, -0.15) is 0 Å². The normalized spacial score (nSPS) is 11.0. The third-order valence-electron chi connectivity index (χ3n) is 7.67. The average molecular weight is 609 g/mol. The SMILES string of the molecule is Nc1ccccc1C(=O)CCC(CCC(=O)c1ccccc1N)(COC(=O)c1ccccc1N)COC(=O)c1ccccc1N. The third-order valence-corrected chi connectivity index (χ3v) is 7.67. The molecule has 0 heterocycles. The number of ether oxygens (including phenoxy) is 2. The van der Waals surface area contributed by atoms with Crippen LogP contribution in [-0.4, -0.2) is 36.7 Å². The van der Waals surface area contributed by atoms with Crippen LogP contribution in [0.25, 0.3) is 0 Å². The summed E-state index contributed by atoms with van der Waals surface area (Å²) in [5, 5.41) is 0. The van der Waals surface area contributed by atoms with E-state index in [0.717, 1.165) is 0 Å². The fraction of sp³-hybridized carbons (Fsp3) is 0.200. The lowest BCUT2D eigenvalue weighted by atomic mass is 9.78. The Hall–Kier alpha value is -5.64. The van der Waals surface area contributed by atoms with Crippen molar-refractivity contribution >= 4 is 46.3 Å². The molecule has 0 fully saturated rings. The molecule has 0 unspecified atom stereocenters. The molecule has 4 rings (SSSR count). The zero-order valence-electron chi connectivity index (χ0n) is 24.7. The molecule has 4 aromatic carbocycles. The van der Waals surface area contributed by atoms with Gasteiger partial charge in [0, 0.05) is 52.1 Å². The van der Waals surface area contributed by atoms with Crippen molar-refractivity contribution in [3.8, 4) is 0 Å². The highest BCUT2D eigenvalue weighted by molar-refractivity contribution is 6.01. The van der Waals surface area contributed by atoms with Crippen LogP contribution in [-0.2, 0) is 9.47 Å². The van der Waals surface area contributed by atoms with Gasteiger partial charge in [-0.05, 0) is 61.4 Å². The molecule has 0 spiro atoms. The van der Waals surface area contributed by atoms with E-state index in [0.29, 0.717) is 22.5 Å². The van der Waals surface area contributed by atoms with Crippen molar-refractivity contribution in [1.29, 1.82) is 0 Å². The predicted octanol–water partition coefficient (Wildman–Crippen LogP) is 5.34. The molecule has 45 heavy (non-hydrogen) atoms. The Bertz CT molecular complexity index is 1450. The van der Waals surface area contributed by atoms with Crippen LogP contribution in [0.5, 0.6) is 0 Å². The molecule has 232 valence electrons. The Labute approximate surface area is 261 Å². The lowest BCUT2D eigenvalue weighted by Crippen LogP contribution is -2.36. The summed E-state index contributed by atoms with van der Waals surface area (Å²) < 4.78 is 11.5. The molecule has 0 radical (unpaired) electrons. The van der Waals surface area contributed by atoms with E-state index in [-0.39, 0.29) is 73.0 Å². The van der Waals surface area contributed by atoms with E-state index in [1.165, 1.54) is 12.1 Å².